The van der Waals surface area contributed by atoms with Gasteiger partial charge in [-0.1, -0.05) is 48.0 Å². The van der Waals surface area contributed by atoms with Gasteiger partial charge in [-0.2, -0.15) is 0 Å². The van der Waals surface area contributed by atoms with Crippen molar-refractivity contribution in [2.75, 3.05) is 13.2 Å². The monoisotopic (exact) mass is 270 g/mol. The van der Waals surface area contributed by atoms with Crippen LogP contribution in [0, 0.1) is 20.8 Å². The molecule has 0 aliphatic carbocycles. The van der Waals surface area contributed by atoms with Gasteiger partial charge >= 0.3 is 0 Å². The molecule has 0 saturated carbocycles. The van der Waals surface area contributed by atoms with Crippen LogP contribution in [0.3, 0.4) is 0 Å². The van der Waals surface area contributed by atoms with E-state index in [4.69, 9.17) is 4.74 Å². The Morgan fingerprint density at radius 2 is 1.60 bits per heavy atom. The lowest BCUT2D eigenvalue weighted by Gasteiger charge is -2.12. The van der Waals surface area contributed by atoms with E-state index < -0.39 is 0 Å². The fourth-order valence-corrected chi connectivity index (χ4v) is 2.52. The molecule has 0 saturated heterocycles. The van der Waals surface area contributed by atoms with Crippen LogP contribution in [-0.2, 0) is 6.54 Å². The zero-order chi connectivity index (χ0) is 14.4. The van der Waals surface area contributed by atoms with Gasteiger partial charge in [0.1, 0.15) is 25.4 Å². The van der Waals surface area contributed by atoms with E-state index in [1.54, 1.807) is 0 Å². The Morgan fingerprint density at radius 3 is 2.25 bits per heavy atom. The molecule has 0 spiro atoms. The van der Waals surface area contributed by atoms with E-state index >= 15 is 0 Å². The fourth-order valence-electron chi connectivity index (χ4n) is 2.52. The van der Waals surface area contributed by atoms with Crippen LogP contribution in [0.2, 0.25) is 0 Å². The Bertz CT molecular complexity index is 526. The van der Waals surface area contributed by atoms with Gasteiger partial charge in [0, 0.05) is 5.56 Å². The second-order valence-corrected chi connectivity index (χ2v) is 5.34. The number of hydrogen-bond acceptors (Lipinski definition) is 1. The molecule has 0 aliphatic heterocycles. The molecule has 0 bridgehead atoms. The van der Waals surface area contributed by atoms with Crippen molar-refractivity contribution in [1.29, 1.82) is 0 Å². The summed E-state index contributed by atoms with van der Waals surface area (Å²) in [4.78, 5) is 0. The van der Waals surface area contributed by atoms with E-state index in [9.17, 15) is 0 Å². The summed E-state index contributed by atoms with van der Waals surface area (Å²) < 4.78 is 5.93. The number of benzene rings is 2. The molecule has 2 rings (SSSR count). The first kappa shape index (κ1) is 14.6. The van der Waals surface area contributed by atoms with Crippen molar-refractivity contribution in [3.63, 3.8) is 0 Å². The molecule has 0 radical (unpaired) electrons. The molecule has 106 valence electrons. The van der Waals surface area contributed by atoms with Gasteiger partial charge in [0.25, 0.3) is 0 Å². The molecule has 2 nitrogen and oxygen atoms in total. The number of nitrogens with two attached hydrogens (primary N) is 1. The summed E-state index contributed by atoms with van der Waals surface area (Å²) in [5, 5.41) is 2.29. The molecule has 0 atom stereocenters. The number of rotatable bonds is 6. The summed E-state index contributed by atoms with van der Waals surface area (Å²) in [6, 6.07) is 14.9. The minimum atomic E-state index is 0.748. The van der Waals surface area contributed by atoms with Crippen LogP contribution in [-0.4, -0.2) is 13.2 Å². The van der Waals surface area contributed by atoms with Crippen LogP contribution in [0.1, 0.15) is 22.3 Å². The highest BCUT2D eigenvalue weighted by atomic mass is 16.5. The standard InChI is InChI=1S/C18H23NO/c1-14-11-15(2)18(16(3)12-14)20-10-9-19-13-17-7-5-4-6-8-17/h4-8,11-12,19H,9-10,13H2,1-3H3/p+1. The average molecular weight is 270 g/mol. The number of quaternary nitrogens is 1. The predicted octanol–water partition coefficient (Wildman–Crippen LogP) is 2.75. The Balaban J connectivity index is 1.76. The quantitative estimate of drug-likeness (QED) is 0.803. The summed E-state index contributed by atoms with van der Waals surface area (Å²) in [5.41, 5.74) is 5.11. The summed E-state index contributed by atoms with van der Waals surface area (Å²) in [5.74, 6) is 1.05. The van der Waals surface area contributed by atoms with Crippen LogP contribution in [0.25, 0.3) is 0 Å². The second-order valence-electron chi connectivity index (χ2n) is 5.34. The largest absolute Gasteiger partial charge is 0.487 e. The first-order valence-corrected chi connectivity index (χ1v) is 7.23. The van der Waals surface area contributed by atoms with Crippen molar-refractivity contribution in [3.05, 3.63) is 64.7 Å². The van der Waals surface area contributed by atoms with Gasteiger partial charge in [-0.25, -0.2) is 0 Å². The Morgan fingerprint density at radius 1 is 0.950 bits per heavy atom. The normalized spacial score (nSPS) is 10.6. The van der Waals surface area contributed by atoms with Crippen molar-refractivity contribution in [1.82, 2.24) is 0 Å². The smallest absolute Gasteiger partial charge is 0.137 e. The maximum atomic E-state index is 5.93. The maximum absolute atomic E-state index is 5.93. The van der Waals surface area contributed by atoms with Crippen molar-refractivity contribution >= 4 is 0 Å². The van der Waals surface area contributed by atoms with Gasteiger partial charge < -0.3 is 10.1 Å². The zero-order valence-electron chi connectivity index (χ0n) is 12.6. The molecular weight excluding hydrogens is 246 g/mol. The molecule has 0 amide bonds. The predicted molar refractivity (Wildman–Crippen MR) is 83.1 cm³/mol. The zero-order valence-corrected chi connectivity index (χ0v) is 12.6. The lowest BCUT2D eigenvalue weighted by molar-refractivity contribution is -0.671. The van der Waals surface area contributed by atoms with E-state index in [-0.39, 0.29) is 0 Å². The van der Waals surface area contributed by atoms with E-state index in [1.807, 2.05) is 0 Å². The van der Waals surface area contributed by atoms with Crippen molar-refractivity contribution in [2.45, 2.75) is 27.3 Å². The van der Waals surface area contributed by atoms with Crippen molar-refractivity contribution in [3.8, 4) is 5.75 Å². The van der Waals surface area contributed by atoms with Gasteiger partial charge in [-0.05, 0) is 31.9 Å². The van der Waals surface area contributed by atoms with Gasteiger partial charge in [-0.15, -0.1) is 0 Å². The van der Waals surface area contributed by atoms with Gasteiger partial charge in [-0.3, -0.25) is 0 Å². The summed E-state index contributed by atoms with van der Waals surface area (Å²) in [6.45, 7) is 9.08. The molecule has 0 fully saturated rings. The molecule has 2 N–H and O–H groups in total. The third-order valence-corrected chi connectivity index (χ3v) is 3.40. The first-order chi connectivity index (χ1) is 9.66. The average Bonchev–Trinajstić information content (AvgIpc) is 2.42. The molecule has 2 heteroatoms. The van der Waals surface area contributed by atoms with Crippen LogP contribution < -0.4 is 10.1 Å². The fraction of sp³-hybridized carbons (Fsp3) is 0.333. The van der Waals surface area contributed by atoms with E-state index in [1.165, 1.54) is 22.3 Å². The minimum absolute atomic E-state index is 0.748. The van der Waals surface area contributed by atoms with Crippen LogP contribution in [0.5, 0.6) is 5.75 Å². The van der Waals surface area contributed by atoms with Crippen molar-refractivity contribution in [2.24, 2.45) is 0 Å². The topological polar surface area (TPSA) is 25.8 Å². The molecule has 2 aromatic carbocycles. The molecule has 20 heavy (non-hydrogen) atoms. The van der Waals surface area contributed by atoms with Gasteiger partial charge in [0.2, 0.25) is 0 Å². The SMILES string of the molecule is Cc1cc(C)c(OCC[NH2+]Cc2ccccc2)c(C)c1. The third-order valence-electron chi connectivity index (χ3n) is 3.40. The molecule has 2 aromatic rings. The van der Waals surface area contributed by atoms with Gasteiger partial charge in [0.15, 0.2) is 0 Å². The molecule has 0 aromatic heterocycles. The lowest BCUT2D eigenvalue weighted by Crippen LogP contribution is -2.83. The van der Waals surface area contributed by atoms with E-state index in [0.717, 1.165) is 25.4 Å². The molecular formula is C18H24NO+. The highest BCUT2D eigenvalue weighted by molar-refractivity contribution is 5.42. The summed E-state index contributed by atoms with van der Waals surface area (Å²) in [6.07, 6.45) is 0. The molecule has 0 unspecified atom stereocenters. The van der Waals surface area contributed by atoms with E-state index in [2.05, 4.69) is 68.6 Å². The Hall–Kier alpha value is -1.80. The third kappa shape index (κ3) is 4.10. The number of ether oxygens (including phenoxy) is 1. The maximum Gasteiger partial charge on any atom is 0.137 e. The van der Waals surface area contributed by atoms with Crippen LogP contribution >= 0.6 is 0 Å². The molecule has 0 heterocycles. The second kappa shape index (κ2) is 7.11. The Kier molecular flexibility index (Phi) is 5.19. The molecule has 0 aliphatic rings. The summed E-state index contributed by atoms with van der Waals surface area (Å²) >= 11 is 0. The lowest BCUT2D eigenvalue weighted by atomic mass is 10.1. The highest BCUT2D eigenvalue weighted by Gasteiger charge is 2.05. The Labute approximate surface area is 121 Å². The van der Waals surface area contributed by atoms with Crippen LogP contribution in [0.4, 0.5) is 0 Å². The first-order valence-electron chi connectivity index (χ1n) is 7.23. The van der Waals surface area contributed by atoms with Crippen molar-refractivity contribution < 1.29 is 10.1 Å². The van der Waals surface area contributed by atoms with Crippen LogP contribution in [0.15, 0.2) is 42.5 Å². The number of hydrogen-bond donors (Lipinski definition) is 1. The summed E-state index contributed by atoms with van der Waals surface area (Å²) in [7, 11) is 0. The minimum Gasteiger partial charge on any atom is -0.487 e. The highest BCUT2D eigenvalue weighted by Crippen LogP contribution is 2.24. The van der Waals surface area contributed by atoms with E-state index in [0.29, 0.717) is 0 Å². The number of aryl methyl sites for hydroxylation is 3. The van der Waals surface area contributed by atoms with Gasteiger partial charge in [0.05, 0.1) is 0 Å².